The lowest BCUT2D eigenvalue weighted by Crippen LogP contribution is -2.29. The number of hydrogen-bond donors (Lipinski definition) is 1. The molecule has 1 fully saturated rings. The van der Waals surface area contributed by atoms with Crippen molar-refractivity contribution in [3.05, 3.63) is 90.6 Å². The Hall–Kier alpha value is -2.60. The van der Waals surface area contributed by atoms with Crippen molar-refractivity contribution >= 4 is 57.7 Å². The van der Waals surface area contributed by atoms with Crippen molar-refractivity contribution in [1.82, 2.24) is 0 Å². The number of nitrogens with zero attached hydrogens (tertiary/aromatic N) is 1. The average Bonchev–Trinajstić information content (AvgIpc) is 3.26. The highest BCUT2D eigenvalue weighted by molar-refractivity contribution is 7.10. The van der Waals surface area contributed by atoms with Gasteiger partial charge in [-0.25, -0.2) is 0 Å². The first kappa shape index (κ1) is 21.6. The van der Waals surface area contributed by atoms with E-state index in [1.807, 2.05) is 50.4 Å². The molecule has 1 aromatic heterocycles. The normalized spacial score (nSPS) is 18.1. The summed E-state index contributed by atoms with van der Waals surface area (Å²) in [6.45, 7) is 5.86. The molecule has 0 aliphatic carbocycles. The van der Waals surface area contributed by atoms with Gasteiger partial charge in [0, 0.05) is 16.1 Å². The molecule has 1 aliphatic rings. The maximum atomic E-state index is 13.2. The summed E-state index contributed by atoms with van der Waals surface area (Å²) in [6.07, 6.45) is 0. The van der Waals surface area contributed by atoms with E-state index >= 15 is 0 Å². The highest BCUT2D eigenvalue weighted by Crippen LogP contribution is 2.45. The Morgan fingerprint density at radius 3 is 2.29 bits per heavy atom. The Labute approximate surface area is 194 Å². The zero-order valence-corrected chi connectivity index (χ0v) is 19.4. The molecule has 1 N–H and O–H groups in total. The molecule has 31 heavy (non-hydrogen) atoms. The Morgan fingerprint density at radius 1 is 0.935 bits per heavy atom. The monoisotopic (exact) mass is 471 g/mol. The van der Waals surface area contributed by atoms with E-state index in [0.29, 0.717) is 16.3 Å². The zero-order valence-electron chi connectivity index (χ0n) is 17.1. The minimum atomic E-state index is -0.739. The third kappa shape index (κ3) is 3.67. The summed E-state index contributed by atoms with van der Waals surface area (Å²) < 4.78 is 0. The fraction of sp³-hybridized carbons (Fsp3) is 0.167. The molecule has 3 aromatic rings. The predicted molar refractivity (Wildman–Crippen MR) is 126 cm³/mol. The lowest BCUT2D eigenvalue weighted by Gasteiger charge is -2.25. The summed E-state index contributed by atoms with van der Waals surface area (Å²) in [7, 11) is 0. The fourth-order valence-electron chi connectivity index (χ4n) is 3.69. The SMILES string of the molecule is Cc1ccc(N2C(=O)C(=O)/C(=C(\O)c3ccc(Cl)c(Cl)c3)C2c2sccc2C)cc1C. The zero-order chi connectivity index (χ0) is 22.4. The van der Waals surface area contributed by atoms with Crippen LogP contribution in [0.15, 0.2) is 53.4 Å². The number of Topliss-reactive ketones (excluding diaryl/α,β-unsaturated/α-hetero) is 1. The molecule has 0 spiro atoms. The van der Waals surface area contributed by atoms with Crippen LogP contribution in [0.1, 0.15) is 33.2 Å². The number of ketones is 1. The van der Waals surface area contributed by atoms with Gasteiger partial charge in [0.1, 0.15) is 11.8 Å². The third-order valence-electron chi connectivity index (χ3n) is 5.56. The maximum Gasteiger partial charge on any atom is 0.300 e. The second kappa shape index (κ2) is 8.15. The van der Waals surface area contributed by atoms with Crippen LogP contribution in [-0.2, 0) is 9.59 Å². The van der Waals surface area contributed by atoms with E-state index in [2.05, 4.69) is 0 Å². The first-order chi connectivity index (χ1) is 14.7. The molecule has 4 nitrogen and oxygen atoms in total. The molecule has 1 amide bonds. The van der Waals surface area contributed by atoms with Gasteiger partial charge in [-0.05, 0) is 79.2 Å². The van der Waals surface area contributed by atoms with Crippen molar-refractivity contribution in [1.29, 1.82) is 0 Å². The molecule has 1 unspecified atom stereocenters. The number of aliphatic hydroxyl groups excluding tert-OH is 1. The molecule has 4 rings (SSSR count). The second-order valence-corrected chi connectivity index (χ2v) is 9.30. The topological polar surface area (TPSA) is 57.6 Å². The first-order valence-corrected chi connectivity index (χ1v) is 11.2. The van der Waals surface area contributed by atoms with Crippen molar-refractivity contribution in [2.75, 3.05) is 4.90 Å². The van der Waals surface area contributed by atoms with E-state index in [9.17, 15) is 14.7 Å². The van der Waals surface area contributed by atoms with Gasteiger partial charge in [-0.1, -0.05) is 29.3 Å². The number of anilines is 1. The quantitative estimate of drug-likeness (QED) is 0.265. The van der Waals surface area contributed by atoms with Gasteiger partial charge in [0.2, 0.25) is 0 Å². The van der Waals surface area contributed by atoms with Crippen molar-refractivity contribution in [3.8, 4) is 0 Å². The van der Waals surface area contributed by atoms with Crippen LogP contribution in [0, 0.1) is 20.8 Å². The van der Waals surface area contributed by atoms with Gasteiger partial charge in [-0.15, -0.1) is 11.3 Å². The van der Waals surface area contributed by atoms with Crippen molar-refractivity contribution in [3.63, 3.8) is 0 Å². The summed E-state index contributed by atoms with van der Waals surface area (Å²) in [5.74, 6) is -1.69. The standard InChI is InChI=1S/C24H19Cl2NO3S/c1-12-4-6-16(10-14(12)3)27-20(23-13(2)8-9-31-23)19(22(29)24(27)30)21(28)15-5-7-17(25)18(26)11-15/h4-11,20,28H,1-3H3/b21-19-. The highest BCUT2D eigenvalue weighted by atomic mass is 35.5. The van der Waals surface area contributed by atoms with Gasteiger partial charge in [-0.3, -0.25) is 14.5 Å². The van der Waals surface area contributed by atoms with E-state index in [1.165, 1.54) is 22.3 Å². The molecule has 2 heterocycles. The largest absolute Gasteiger partial charge is 0.507 e. The second-order valence-electron chi connectivity index (χ2n) is 7.53. The number of benzene rings is 2. The van der Waals surface area contributed by atoms with Gasteiger partial charge in [0.15, 0.2) is 0 Å². The number of halogens is 2. The maximum absolute atomic E-state index is 13.2. The van der Waals surface area contributed by atoms with Gasteiger partial charge in [0.05, 0.1) is 15.6 Å². The van der Waals surface area contributed by atoms with Crippen molar-refractivity contribution in [2.45, 2.75) is 26.8 Å². The molecule has 0 saturated carbocycles. The molecule has 0 bridgehead atoms. The van der Waals surface area contributed by atoms with Crippen LogP contribution in [0.25, 0.3) is 5.76 Å². The minimum Gasteiger partial charge on any atom is -0.507 e. The van der Waals surface area contributed by atoms with Gasteiger partial charge < -0.3 is 5.11 Å². The predicted octanol–water partition coefficient (Wildman–Crippen LogP) is 6.61. The molecule has 1 saturated heterocycles. The molecule has 7 heteroatoms. The Balaban J connectivity index is 1.96. The lowest BCUT2D eigenvalue weighted by atomic mass is 9.98. The van der Waals surface area contributed by atoms with E-state index in [4.69, 9.17) is 23.2 Å². The third-order valence-corrected chi connectivity index (χ3v) is 7.37. The van der Waals surface area contributed by atoms with E-state index in [0.717, 1.165) is 21.6 Å². The lowest BCUT2D eigenvalue weighted by molar-refractivity contribution is -0.132. The molecule has 0 radical (unpaired) electrons. The Morgan fingerprint density at radius 2 is 1.68 bits per heavy atom. The number of carbonyl (C=O) groups excluding carboxylic acids is 2. The number of carbonyl (C=O) groups is 2. The number of thiophene rings is 1. The number of amides is 1. The van der Waals surface area contributed by atoms with Gasteiger partial charge in [-0.2, -0.15) is 0 Å². The first-order valence-electron chi connectivity index (χ1n) is 9.58. The summed E-state index contributed by atoms with van der Waals surface area (Å²) in [5, 5.41) is 13.6. The van der Waals surface area contributed by atoms with Crippen LogP contribution in [0.5, 0.6) is 0 Å². The average molecular weight is 472 g/mol. The van der Waals surface area contributed by atoms with Crippen LogP contribution in [0.3, 0.4) is 0 Å². The summed E-state index contributed by atoms with van der Waals surface area (Å²) in [4.78, 5) is 28.6. The summed E-state index contributed by atoms with van der Waals surface area (Å²) >= 11 is 13.6. The Bertz CT molecular complexity index is 1260. The summed E-state index contributed by atoms with van der Waals surface area (Å²) in [6, 6.07) is 11.4. The minimum absolute atomic E-state index is 0.0344. The number of aliphatic hydroxyl groups is 1. The molecule has 1 aliphatic heterocycles. The molecule has 2 aromatic carbocycles. The van der Waals surface area contributed by atoms with Crippen molar-refractivity contribution < 1.29 is 14.7 Å². The number of hydrogen-bond acceptors (Lipinski definition) is 4. The fourth-order valence-corrected chi connectivity index (χ4v) is 5.01. The highest BCUT2D eigenvalue weighted by Gasteiger charge is 2.48. The van der Waals surface area contributed by atoms with Crippen LogP contribution >= 0.6 is 34.5 Å². The molecular formula is C24H19Cl2NO3S. The Kier molecular flexibility index (Phi) is 5.69. The van der Waals surface area contributed by atoms with E-state index in [-0.39, 0.29) is 16.4 Å². The van der Waals surface area contributed by atoms with Gasteiger partial charge >= 0.3 is 0 Å². The molecule has 1 atom stereocenters. The van der Waals surface area contributed by atoms with Crippen LogP contribution < -0.4 is 4.90 Å². The van der Waals surface area contributed by atoms with Gasteiger partial charge in [0.25, 0.3) is 11.7 Å². The number of aryl methyl sites for hydroxylation is 3. The molecular weight excluding hydrogens is 453 g/mol. The van der Waals surface area contributed by atoms with Crippen LogP contribution in [0.2, 0.25) is 10.0 Å². The van der Waals surface area contributed by atoms with Crippen LogP contribution in [-0.4, -0.2) is 16.8 Å². The number of rotatable bonds is 3. The van der Waals surface area contributed by atoms with E-state index < -0.39 is 17.7 Å². The van der Waals surface area contributed by atoms with Crippen LogP contribution in [0.4, 0.5) is 5.69 Å². The summed E-state index contributed by atoms with van der Waals surface area (Å²) in [5.41, 5.74) is 3.99. The molecule has 158 valence electrons. The van der Waals surface area contributed by atoms with E-state index in [1.54, 1.807) is 12.1 Å². The van der Waals surface area contributed by atoms with Crippen molar-refractivity contribution in [2.24, 2.45) is 0 Å². The smallest absolute Gasteiger partial charge is 0.300 e.